The zero-order chi connectivity index (χ0) is 23.5. The zero-order valence-electron chi connectivity index (χ0n) is 19.2. The number of hydrogen-bond donors (Lipinski definition) is 3. The molecule has 2 aromatic carbocycles. The van der Waals surface area contributed by atoms with Gasteiger partial charge in [0.2, 0.25) is 0 Å². The van der Waals surface area contributed by atoms with Crippen molar-refractivity contribution in [2.45, 2.75) is 33.6 Å². The molecule has 5 nitrogen and oxygen atoms in total. The molecule has 0 saturated heterocycles. The van der Waals surface area contributed by atoms with E-state index >= 15 is 0 Å². The van der Waals surface area contributed by atoms with Crippen molar-refractivity contribution in [3.05, 3.63) is 88.5 Å². The molecule has 0 spiro atoms. The molecular weight excluding hydrogens is 416 g/mol. The summed E-state index contributed by atoms with van der Waals surface area (Å²) < 4.78 is 0. The van der Waals surface area contributed by atoms with Gasteiger partial charge < -0.3 is 20.9 Å². The first kappa shape index (κ1) is 25.2. The number of hydrogen-bond acceptors (Lipinski definition) is 2. The molecule has 6 heteroatoms. The summed E-state index contributed by atoms with van der Waals surface area (Å²) in [6.45, 7) is 12.3. The second-order valence-electron chi connectivity index (χ2n) is 7.49. The van der Waals surface area contributed by atoms with Crippen LogP contribution in [0, 0.1) is 0 Å². The number of nitrogens with one attached hydrogen (secondary N) is 3. The molecule has 1 aliphatic heterocycles. The monoisotopic (exact) mass is 448 g/mol. The number of amides is 1. The molecule has 1 amide bonds. The summed E-state index contributed by atoms with van der Waals surface area (Å²) in [7, 11) is 0. The predicted octanol–water partition coefficient (Wildman–Crippen LogP) is 3.71. The standard InChI is InChI=1S/C20H16N3OS.C6H15N/c1-13-17(19(24)23-15-10-6-3-7-11-15)18(14-8-4-2-5-9-14)16(12-21)20(25)22-13;1-4-7(5-2)6-3/h2-11,18H,1H3,(H,22,25)(H,23,24);4-6H2,1-3H3/q-1;/p+1. The minimum absolute atomic E-state index is 0.250. The average Bonchev–Trinajstić information content (AvgIpc) is 2.81. The summed E-state index contributed by atoms with van der Waals surface area (Å²) in [4.78, 5) is 15.0. The number of rotatable bonds is 6. The van der Waals surface area contributed by atoms with Gasteiger partial charge >= 0.3 is 0 Å². The number of allylic oxidation sites excluding steroid dienone is 1. The van der Waals surface area contributed by atoms with Crippen LogP contribution in [-0.4, -0.2) is 36.4 Å². The van der Waals surface area contributed by atoms with Crippen molar-refractivity contribution in [3.63, 3.8) is 0 Å². The molecule has 2 aromatic rings. The van der Waals surface area contributed by atoms with Crippen LogP contribution in [0.15, 0.2) is 77.5 Å². The first-order chi connectivity index (χ1) is 15.5. The van der Waals surface area contributed by atoms with Crippen molar-refractivity contribution in [1.82, 2.24) is 5.32 Å². The van der Waals surface area contributed by atoms with E-state index in [1.165, 1.54) is 19.6 Å². The number of benzene rings is 2. The number of carbonyl (C=O) groups excluding carboxylic acids is 1. The highest BCUT2D eigenvalue weighted by molar-refractivity contribution is 7.80. The van der Waals surface area contributed by atoms with Gasteiger partial charge in [-0.15, -0.1) is 0 Å². The lowest BCUT2D eigenvalue weighted by Crippen LogP contribution is -3.11. The SMILES string of the molecule is CC1=C(C(=O)Nc2ccccc2)C(c2ccccc2)C(=C=[N-])C(=S)N1.CC[NH+](CC)CC. The van der Waals surface area contributed by atoms with E-state index in [0.29, 0.717) is 27.5 Å². The highest BCUT2D eigenvalue weighted by Crippen LogP contribution is 2.36. The van der Waals surface area contributed by atoms with Crippen LogP contribution in [0.25, 0.3) is 5.41 Å². The first-order valence-electron chi connectivity index (χ1n) is 11.0. The van der Waals surface area contributed by atoms with E-state index in [-0.39, 0.29) is 5.91 Å². The van der Waals surface area contributed by atoms with Crippen LogP contribution in [0.4, 0.5) is 5.69 Å². The van der Waals surface area contributed by atoms with Gasteiger partial charge in [-0.3, -0.25) is 10.7 Å². The third-order valence-electron chi connectivity index (χ3n) is 5.56. The fraction of sp³-hybridized carbons (Fsp3) is 0.308. The second kappa shape index (κ2) is 12.7. The molecule has 0 aromatic heterocycles. The molecule has 0 fully saturated rings. The summed E-state index contributed by atoms with van der Waals surface area (Å²) >= 11 is 5.31. The van der Waals surface area contributed by atoms with Gasteiger partial charge in [-0.1, -0.05) is 60.7 Å². The lowest BCUT2D eigenvalue weighted by Gasteiger charge is -2.31. The Balaban J connectivity index is 0.000000451. The fourth-order valence-electron chi connectivity index (χ4n) is 3.66. The van der Waals surface area contributed by atoms with Crippen molar-refractivity contribution in [3.8, 4) is 0 Å². The highest BCUT2D eigenvalue weighted by Gasteiger charge is 2.33. The van der Waals surface area contributed by atoms with Crippen LogP contribution in [0.1, 0.15) is 39.2 Å². The number of anilines is 1. The Morgan fingerprint density at radius 2 is 1.56 bits per heavy atom. The minimum atomic E-state index is -0.483. The van der Waals surface area contributed by atoms with Crippen molar-refractivity contribution in [1.29, 1.82) is 0 Å². The molecule has 32 heavy (non-hydrogen) atoms. The van der Waals surface area contributed by atoms with Crippen molar-refractivity contribution >= 4 is 34.7 Å². The Hall–Kier alpha value is -3.05. The molecule has 1 aliphatic rings. The molecule has 3 rings (SSSR count). The average molecular weight is 449 g/mol. The fourth-order valence-corrected chi connectivity index (χ4v) is 3.98. The Kier molecular flexibility index (Phi) is 10.0. The summed E-state index contributed by atoms with van der Waals surface area (Å²) in [5.41, 5.74) is 3.10. The van der Waals surface area contributed by atoms with Crippen LogP contribution in [0.3, 0.4) is 0 Å². The maximum absolute atomic E-state index is 13.0. The van der Waals surface area contributed by atoms with E-state index in [2.05, 4.69) is 37.3 Å². The van der Waals surface area contributed by atoms with Gasteiger partial charge in [0.15, 0.2) is 0 Å². The van der Waals surface area contributed by atoms with Crippen molar-refractivity contribution in [2.75, 3.05) is 25.0 Å². The van der Waals surface area contributed by atoms with Gasteiger partial charge in [-0.05, 0) is 45.4 Å². The van der Waals surface area contributed by atoms with Gasteiger partial charge in [0.25, 0.3) is 5.91 Å². The van der Waals surface area contributed by atoms with Gasteiger partial charge in [0.1, 0.15) is 4.99 Å². The lowest BCUT2D eigenvalue weighted by molar-refractivity contribution is -0.894. The third kappa shape index (κ3) is 6.47. The quantitative estimate of drug-likeness (QED) is 0.359. The van der Waals surface area contributed by atoms with Crippen molar-refractivity contribution in [2.24, 2.45) is 0 Å². The Morgan fingerprint density at radius 1 is 1.03 bits per heavy atom. The second-order valence-corrected chi connectivity index (χ2v) is 7.90. The topological polar surface area (TPSA) is 67.9 Å². The summed E-state index contributed by atoms with van der Waals surface area (Å²) in [5, 5.41) is 15.5. The number of para-hydroxylation sites is 1. The van der Waals surface area contributed by atoms with Gasteiger partial charge in [0.05, 0.1) is 19.6 Å². The van der Waals surface area contributed by atoms with Crippen LogP contribution >= 0.6 is 12.2 Å². The van der Waals surface area contributed by atoms with Gasteiger partial charge in [0, 0.05) is 28.4 Å². The largest absolute Gasteiger partial charge is 0.763 e. The van der Waals surface area contributed by atoms with Crippen molar-refractivity contribution < 1.29 is 9.69 Å². The smallest absolute Gasteiger partial charge is 0.254 e. The van der Waals surface area contributed by atoms with E-state index in [1.54, 1.807) is 11.8 Å². The molecular formula is C26H32N4OS. The maximum atomic E-state index is 13.0. The Labute approximate surface area is 196 Å². The molecule has 3 N–H and O–H groups in total. The molecule has 0 aliphatic carbocycles. The Bertz CT molecular complexity index is 985. The number of carbonyl (C=O) groups is 1. The third-order valence-corrected chi connectivity index (χ3v) is 5.88. The lowest BCUT2D eigenvalue weighted by atomic mass is 9.81. The van der Waals surface area contributed by atoms with Gasteiger partial charge in [-0.2, -0.15) is 0 Å². The maximum Gasteiger partial charge on any atom is 0.254 e. The summed E-state index contributed by atoms with van der Waals surface area (Å²) in [6.07, 6.45) is 0. The highest BCUT2D eigenvalue weighted by atomic mass is 32.1. The number of thiocarbonyl (C=S) groups is 1. The summed E-state index contributed by atoms with van der Waals surface area (Å²) in [6, 6.07) is 18.7. The van der Waals surface area contributed by atoms with E-state index in [1.807, 2.05) is 60.7 Å². The van der Waals surface area contributed by atoms with E-state index in [9.17, 15) is 10.2 Å². The Morgan fingerprint density at radius 3 is 2.03 bits per heavy atom. The molecule has 1 heterocycles. The molecule has 0 saturated carbocycles. The molecule has 1 unspecified atom stereocenters. The summed E-state index contributed by atoms with van der Waals surface area (Å²) in [5.74, 6) is 1.44. The van der Waals surface area contributed by atoms with Crippen LogP contribution < -0.4 is 15.5 Å². The van der Waals surface area contributed by atoms with E-state index in [4.69, 9.17) is 12.2 Å². The van der Waals surface area contributed by atoms with Crippen LogP contribution in [0.2, 0.25) is 0 Å². The predicted molar refractivity (Wildman–Crippen MR) is 137 cm³/mol. The number of nitrogens with zero attached hydrogens (tertiary/aromatic N) is 1. The van der Waals surface area contributed by atoms with Crippen LogP contribution in [0.5, 0.6) is 0 Å². The molecule has 1 atom stereocenters. The normalized spacial score (nSPS) is 15.5. The molecule has 0 bridgehead atoms. The zero-order valence-corrected chi connectivity index (χ0v) is 20.1. The number of quaternary nitrogens is 1. The molecule has 0 radical (unpaired) electrons. The van der Waals surface area contributed by atoms with Crippen LogP contribution in [-0.2, 0) is 4.79 Å². The first-order valence-corrected chi connectivity index (χ1v) is 11.4. The minimum Gasteiger partial charge on any atom is -0.763 e. The molecule has 168 valence electrons. The van der Waals surface area contributed by atoms with E-state index in [0.717, 1.165) is 5.56 Å². The van der Waals surface area contributed by atoms with E-state index < -0.39 is 5.92 Å². The van der Waals surface area contributed by atoms with Gasteiger partial charge in [-0.25, -0.2) is 0 Å².